The van der Waals surface area contributed by atoms with Crippen LogP contribution in [0.4, 0.5) is 0 Å². The van der Waals surface area contributed by atoms with Crippen molar-refractivity contribution in [3.63, 3.8) is 0 Å². The van der Waals surface area contributed by atoms with E-state index < -0.39 is 5.92 Å². The van der Waals surface area contributed by atoms with Crippen molar-refractivity contribution >= 4 is 85.4 Å². The quantitative estimate of drug-likeness (QED) is 0.189. The predicted octanol–water partition coefficient (Wildman–Crippen LogP) is 7.53. The highest BCUT2D eigenvalue weighted by Gasteiger charge is 2.22. The summed E-state index contributed by atoms with van der Waals surface area (Å²) in [4.78, 5) is 71.2. The third-order valence-corrected chi connectivity index (χ3v) is 6.71. The van der Waals surface area contributed by atoms with E-state index in [0.29, 0.717) is 27.5 Å². The summed E-state index contributed by atoms with van der Waals surface area (Å²) in [6.07, 6.45) is 4.12. The summed E-state index contributed by atoms with van der Waals surface area (Å²) in [5.41, 5.74) is 5.50. The van der Waals surface area contributed by atoms with Gasteiger partial charge in [-0.1, -0.05) is 52.4 Å². The van der Waals surface area contributed by atoms with E-state index in [-0.39, 0.29) is 46.5 Å². The zero-order valence-corrected chi connectivity index (χ0v) is 27.0. The Labute approximate surface area is 287 Å². The van der Waals surface area contributed by atoms with Crippen LogP contribution in [-0.2, 0) is 38.2 Å². The van der Waals surface area contributed by atoms with E-state index in [1.165, 1.54) is 20.4 Å². The SMILES string of the molecule is C.C.C.CCC(=O)OC.COC(=O)C(C)c1c(Cl)cnc2ccc(C)nc12.Cc1ccc2ncc(Cl)c(Br)c2n1.O=C=O.O=C=O. The molecule has 1 atom stereocenters. The van der Waals surface area contributed by atoms with Crippen LogP contribution in [0.15, 0.2) is 41.1 Å². The summed E-state index contributed by atoms with van der Waals surface area (Å²) < 4.78 is 9.82. The van der Waals surface area contributed by atoms with Gasteiger partial charge in [-0.15, -0.1) is 0 Å². The Morgan fingerprint density at radius 1 is 0.804 bits per heavy atom. The Balaban J connectivity index is -0.000000277. The number of esters is 2. The first kappa shape index (κ1) is 48.8. The average Bonchev–Trinajstić information content (AvgIpc) is 2.99. The summed E-state index contributed by atoms with van der Waals surface area (Å²) in [5, 5.41) is 1.02. The topological polar surface area (TPSA) is 172 Å². The van der Waals surface area contributed by atoms with Crippen molar-refractivity contribution in [3.8, 4) is 0 Å². The summed E-state index contributed by atoms with van der Waals surface area (Å²) in [7, 11) is 2.74. The van der Waals surface area contributed by atoms with Gasteiger partial charge in [0.1, 0.15) is 5.52 Å². The molecule has 4 aromatic rings. The van der Waals surface area contributed by atoms with Crippen LogP contribution in [0.1, 0.15) is 65.4 Å². The minimum Gasteiger partial charge on any atom is -0.469 e. The molecule has 4 rings (SSSR count). The number of ether oxygens (including phenoxy) is 2. The molecule has 0 aliphatic rings. The molecule has 0 aliphatic heterocycles. The minimum atomic E-state index is -0.470. The molecular formula is C31H39BrCl2N4O8. The third kappa shape index (κ3) is 15.7. The van der Waals surface area contributed by atoms with Gasteiger partial charge in [0.2, 0.25) is 0 Å². The highest BCUT2D eigenvalue weighted by atomic mass is 79.9. The number of rotatable bonds is 3. The van der Waals surface area contributed by atoms with Crippen molar-refractivity contribution < 1.29 is 38.2 Å². The lowest BCUT2D eigenvalue weighted by molar-refractivity contribution is -0.193. The van der Waals surface area contributed by atoms with Gasteiger partial charge in [-0.05, 0) is 61.0 Å². The van der Waals surface area contributed by atoms with Crippen molar-refractivity contribution in [2.45, 2.75) is 62.3 Å². The first-order valence-corrected chi connectivity index (χ1v) is 13.5. The number of hydrogen-bond donors (Lipinski definition) is 0. The number of methoxy groups -OCH3 is 2. The molecule has 4 aromatic heterocycles. The van der Waals surface area contributed by atoms with Crippen LogP contribution in [0.5, 0.6) is 0 Å². The Morgan fingerprint density at radius 3 is 1.61 bits per heavy atom. The molecule has 0 radical (unpaired) electrons. The number of aromatic nitrogens is 4. The Hall–Kier alpha value is -4.12. The smallest absolute Gasteiger partial charge is 0.373 e. The maximum Gasteiger partial charge on any atom is 0.373 e. The van der Waals surface area contributed by atoms with Crippen molar-refractivity contribution in [2.75, 3.05) is 14.2 Å². The van der Waals surface area contributed by atoms with Crippen LogP contribution in [0, 0.1) is 13.8 Å². The molecular weight excluding hydrogens is 707 g/mol. The van der Waals surface area contributed by atoms with Crippen LogP contribution in [-0.4, -0.2) is 58.4 Å². The summed E-state index contributed by atoms with van der Waals surface area (Å²) in [6, 6.07) is 7.59. The Kier molecular flexibility index (Phi) is 27.7. The van der Waals surface area contributed by atoms with Gasteiger partial charge < -0.3 is 9.47 Å². The molecule has 0 saturated heterocycles. The molecule has 0 amide bonds. The molecule has 1 unspecified atom stereocenters. The molecule has 15 heteroatoms. The molecule has 46 heavy (non-hydrogen) atoms. The molecule has 4 heterocycles. The molecule has 0 aliphatic carbocycles. The number of pyridine rings is 4. The molecule has 0 fully saturated rings. The van der Waals surface area contributed by atoms with Gasteiger partial charge in [0, 0.05) is 35.8 Å². The lowest BCUT2D eigenvalue weighted by Crippen LogP contribution is -2.12. The zero-order valence-electron chi connectivity index (χ0n) is 23.9. The molecule has 0 spiro atoms. The summed E-state index contributed by atoms with van der Waals surface area (Å²) >= 11 is 15.4. The van der Waals surface area contributed by atoms with Crippen LogP contribution in [0.3, 0.4) is 0 Å². The fourth-order valence-corrected chi connectivity index (χ4v) is 3.96. The number of nitrogens with zero attached hydrogens (tertiary/aromatic N) is 4. The molecule has 12 nitrogen and oxygen atoms in total. The van der Waals surface area contributed by atoms with E-state index in [9.17, 15) is 9.59 Å². The predicted molar refractivity (Wildman–Crippen MR) is 179 cm³/mol. The van der Waals surface area contributed by atoms with E-state index in [1.807, 2.05) is 38.1 Å². The Morgan fingerprint density at radius 2 is 1.22 bits per heavy atom. The van der Waals surface area contributed by atoms with E-state index in [2.05, 4.69) is 40.6 Å². The van der Waals surface area contributed by atoms with Gasteiger partial charge >= 0.3 is 24.2 Å². The number of carbonyl (C=O) groups is 2. The van der Waals surface area contributed by atoms with E-state index >= 15 is 0 Å². The molecule has 252 valence electrons. The van der Waals surface area contributed by atoms with Gasteiger partial charge in [0.15, 0.2) is 0 Å². The molecule has 0 N–H and O–H groups in total. The second kappa shape index (κ2) is 26.1. The molecule has 0 aromatic carbocycles. The van der Waals surface area contributed by atoms with Crippen molar-refractivity contribution in [2.24, 2.45) is 0 Å². The standard InChI is InChI=1S/C13H13ClN2O2.C9H6BrClN2.C4H8O2.2CO2.3CH4/c1-7-4-5-10-12(16-7)11(9(14)6-15-10)8(2)13(17)18-3;1-5-2-3-7-9(13-5)8(10)6(11)4-12-7;1-3-4(5)6-2;2*2-1-3;;;/h4-6,8H,1-3H3;2-4H,1H3;3H2,1-2H3;;;3*1H4. The normalized spacial score (nSPS) is 9.24. The van der Waals surface area contributed by atoms with Crippen LogP contribution < -0.4 is 0 Å². The highest BCUT2D eigenvalue weighted by Crippen LogP contribution is 2.31. The van der Waals surface area contributed by atoms with Crippen molar-refractivity contribution in [3.05, 3.63) is 68.1 Å². The van der Waals surface area contributed by atoms with Gasteiger partial charge in [-0.3, -0.25) is 29.5 Å². The largest absolute Gasteiger partial charge is 0.469 e. The lowest BCUT2D eigenvalue weighted by Gasteiger charge is -2.13. The van der Waals surface area contributed by atoms with Crippen LogP contribution in [0.2, 0.25) is 10.0 Å². The maximum atomic E-state index is 11.7. The fourth-order valence-electron chi connectivity index (χ4n) is 3.12. The summed E-state index contributed by atoms with van der Waals surface area (Å²) in [5.74, 6) is -0.968. The first-order valence-electron chi connectivity index (χ1n) is 12.0. The third-order valence-electron chi connectivity index (χ3n) is 5.09. The van der Waals surface area contributed by atoms with Crippen LogP contribution in [0.25, 0.3) is 22.1 Å². The zero-order chi connectivity index (χ0) is 33.1. The highest BCUT2D eigenvalue weighted by molar-refractivity contribution is 9.10. The minimum absolute atomic E-state index is 0. The monoisotopic (exact) mass is 744 g/mol. The number of aryl methyl sites for hydroxylation is 2. The van der Waals surface area contributed by atoms with Crippen molar-refractivity contribution in [1.29, 1.82) is 0 Å². The second-order valence-electron chi connectivity index (χ2n) is 7.92. The number of halogens is 3. The fraction of sp³-hybridized carbons (Fsp3) is 0.355. The number of carbonyl (C=O) groups excluding carboxylic acids is 6. The van der Waals surface area contributed by atoms with Crippen LogP contribution >= 0.6 is 39.1 Å². The Bertz CT molecular complexity index is 1580. The van der Waals surface area contributed by atoms with E-state index in [1.54, 1.807) is 20.0 Å². The van der Waals surface area contributed by atoms with Gasteiger partial charge in [-0.2, -0.15) is 19.2 Å². The second-order valence-corrected chi connectivity index (χ2v) is 9.53. The van der Waals surface area contributed by atoms with E-state index in [4.69, 9.17) is 47.1 Å². The number of hydrogen-bond acceptors (Lipinski definition) is 12. The van der Waals surface area contributed by atoms with Gasteiger partial charge in [0.25, 0.3) is 0 Å². The number of fused-ring (bicyclic) bond motifs is 2. The van der Waals surface area contributed by atoms with Crippen molar-refractivity contribution in [1.82, 2.24) is 19.9 Å². The van der Waals surface area contributed by atoms with Gasteiger partial charge in [-0.25, -0.2) is 0 Å². The molecule has 0 bridgehead atoms. The van der Waals surface area contributed by atoms with E-state index in [0.717, 1.165) is 32.4 Å². The van der Waals surface area contributed by atoms with Gasteiger partial charge in [0.05, 0.1) is 51.2 Å². The average molecular weight is 746 g/mol. The first-order chi connectivity index (χ1) is 20.4. The maximum absolute atomic E-state index is 11.7. The summed E-state index contributed by atoms with van der Waals surface area (Å²) in [6.45, 7) is 7.32. The lowest BCUT2D eigenvalue weighted by atomic mass is 10.00. The molecule has 0 saturated carbocycles.